The average molecular weight is 323 g/mol. The molecule has 1 fully saturated rings. The first kappa shape index (κ1) is 17.2. The Kier molecular flexibility index (Phi) is 4.92. The normalized spacial score (nSPS) is 21.3. The molecule has 0 aromatic heterocycles. The van der Waals surface area contributed by atoms with Crippen LogP contribution < -0.4 is 0 Å². The third kappa shape index (κ3) is 4.68. The molecular formula is C17H22FNO4. The molecular weight excluding hydrogens is 301 g/mol. The Hall–Kier alpha value is -2.11. The number of hydrogen-bond donors (Lipinski definition) is 1. The molecule has 1 aromatic carbocycles. The van der Waals surface area contributed by atoms with Gasteiger partial charge in [0, 0.05) is 6.54 Å². The number of hydrogen-bond acceptors (Lipinski definition) is 3. The van der Waals surface area contributed by atoms with Crippen molar-refractivity contribution in [2.24, 2.45) is 5.92 Å². The Morgan fingerprint density at radius 1 is 1.39 bits per heavy atom. The van der Waals surface area contributed by atoms with Crippen LogP contribution in [0, 0.1) is 11.7 Å². The first-order valence-corrected chi connectivity index (χ1v) is 7.62. The highest BCUT2D eigenvalue weighted by atomic mass is 19.1. The number of carboxylic acids is 1. The molecule has 5 nitrogen and oxygen atoms in total. The van der Waals surface area contributed by atoms with Gasteiger partial charge in [0.05, 0.1) is 0 Å². The molecule has 23 heavy (non-hydrogen) atoms. The summed E-state index contributed by atoms with van der Waals surface area (Å²) in [6, 6.07) is 5.33. The summed E-state index contributed by atoms with van der Waals surface area (Å²) >= 11 is 0. The summed E-state index contributed by atoms with van der Waals surface area (Å²) in [5.74, 6) is -1.40. The van der Waals surface area contributed by atoms with Gasteiger partial charge in [0.1, 0.15) is 17.5 Å². The van der Waals surface area contributed by atoms with Gasteiger partial charge >= 0.3 is 12.1 Å². The third-order valence-electron chi connectivity index (χ3n) is 3.71. The molecule has 2 rings (SSSR count). The Labute approximate surface area is 135 Å². The molecule has 1 N–H and O–H groups in total. The summed E-state index contributed by atoms with van der Waals surface area (Å²) in [5.41, 5.74) is 0.117. The molecule has 1 aliphatic rings. The van der Waals surface area contributed by atoms with Gasteiger partial charge in [-0.15, -0.1) is 0 Å². The summed E-state index contributed by atoms with van der Waals surface area (Å²) in [7, 11) is 0. The molecule has 0 spiro atoms. The van der Waals surface area contributed by atoms with E-state index in [9.17, 15) is 19.1 Å². The smallest absolute Gasteiger partial charge is 0.411 e. The second kappa shape index (κ2) is 6.56. The zero-order chi connectivity index (χ0) is 17.2. The monoisotopic (exact) mass is 323 g/mol. The fraction of sp³-hybridized carbons (Fsp3) is 0.529. The predicted octanol–water partition coefficient (Wildman–Crippen LogP) is 3.08. The van der Waals surface area contributed by atoms with Gasteiger partial charge in [-0.1, -0.05) is 12.1 Å². The Balaban J connectivity index is 2.08. The maximum Gasteiger partial charge on any atom is 0.411 e. The molecule has 1 amide bonds. The van der Waals surface area contributed by atoms with Gasteiger partial charge in [0.25, 0.3) is 0 Å². The van der Waals surface area contributed by atoms with Gasteiger partial charge in [0.2, 0.25) is 0 Å². The van der Waals surface area contributed by atoms with Crippen LogP contribution in [-0.4, -0.2) is 40.3 Å². The van der Waals surface area contributed by atoms with Crippen LogP contribution in [0.5, 0.6) is 0 Å². The van der Waals surface area contributed by atoms with Crippen LogP contribution in [-0.2, 0) is 16.0 Å². The van der Waals surface area contributed by atoms with E-state index in [0.29, 0.717) is 19.4 Å². The lowest BCUT2D eigenvalue weighted by Crippen LogP contribution is -2.43. The number of rotatable bonds is 3. The molecule has 1 heterocycles. The molecule has 126 valence electrons. The van der Waals surface area contributed by atoms with Crippen molar-refractivity contribution in [1.29, 1.82) is 0 Å². The fourth-order valence-electron chi connectivity index (χ4n) is 2.82. The number of nitrogens with zero attached hydrogens (tertiary/aromatic N) is 1. The van der Waals surface area contributed by atoms with Crippen molar-refractivity contribution < 1.29 is 23.8 Å². The maximum absolute atomic E-state index is 13.3. The summed E-state index contributed by atoms with van der Waals surface area (Å²) in [6.45, 7) is 5.51. The van der Waals surface area contributed by atoms with Crippen molar-refractivity contribution in [2.45, 2.75) is 45.3 Å². The van der Waals surface area contributed by atoms with E-state index in [1.165, 1.54) is 17.0 Å². The van der Waals surface area contributed by atoms with Crippen molar-refractivity contribution in [2.75, 3.05) is 6.54 Å². The lowest BCUT2D eigenvalue weighted by Gasteiger charge is -2.26. The zero-order valence-corrected chi connectivity index (χ0v) is 13.6. The average Bonchev–Trinajstić information content (AvgIpc) is 2.81. The quantitative estimate of drug-likeness (QED) is 0.928. The summed E-state index contributed by atoms with van der Waals surface area (Å²) in [4.78, 5) is 24.9. The molecule has 0 radical (unpaired) electrons. The number of halogens is 1. The lowest BCUT2D eigenvalue weighted by atomic mass is 9.97. The van der Waals surface area contributed by atoms with E-state index in [2.05, 4.69) is 0 Å². The third-order valence-corrected chi connectivity index (χ3v) is 3.71. The Morgan fingerprint density at radius 3 is 2.65 bits per heavy atom. The van der Waals surface area contributed by atoms with Crippen LogP contribution >= 0.6 is 0 Å². The molecule has 2 atom stereocenters. The van der Waals surface area contributed by atoms with Crippen LogP contribution in [0.2, 0.25) is 0 Å². The first-order chi connectivity index (χ1) is 10.7. The largest absolute Gasteiger partial charge is 0.480 e. The van der Waals surface area contributed by atoms with E-state index in [0.717, 1.165) is 5.56 Å². The number of likely N-dealkylation sites (tertiary alicyclic amines) is 1. The van der Waals surface area contributed by atoms with Crippen molar-refractivity contribution in [3.05, 3.63) is 35.6 Å². The minimum absolute atomic E-state index is 0.0366. The van der Waals surface area contributed by atoms with E-state index in [1.54, 1.807) is 32.9 Å². The first-order valence-electron chi connectivity index (χ1n) is 7.62. The lowest BCUT2D eigenvalue weighted by molar-refractivity contribution is -0.142. The van der Waals surface area contributed by atoms with Gasteiger partial charge in [-0.25, -0.2) is 14.0 Å². The van der Waals surface area contributed by atoms with Crippen LogP contribution in [0.25, 0.3) is 0 Å². The summed E-state index contributed by atoms with van der Waals surface area (Å²) in [5, 5.41) is 9.35. The molecule has 1 saturated heterocycles. The summed E-state index contributed by atoms with van der Waals surface area (Å²) in [6.07, 6.45) is 0.248. The van der Waals surface area contributed by atoms with E-state index in [4.69, 9.17) is 4.74 Å². The predicted molar refractivity (Wildman–Crippen MR) is 82.6 cm³/mol. The highest BCUT2D eigenvalue weighted by Gasteiger charge is 2.41. The van der Waals surface area contributed by atoms with E-state index in [1.807, 2.05) is 0 Å². The van der Waals surface area contributed by atoms with Crippen molar-refractivity contribution in [1.82, 2.24) is 4.90 Å². The number of carbonyl (C=O) groups is 2. The number of amides is 1. The minimum Gasteiger partial charge on any atom is -0.480 e. The van der Waals surface area contributed by atoms with Gasteiger partial charge in [-0.05, 0) is 57.2 Å². The Bertz CT molecular complexity index is 597. The SMILES string of the molecule is CC(C)(C)OC(=O)N1C[C@@H](Cc2cccc(F)c2)C[C@H]1C(=O)O. The van der Waals surface area contributed by atoms with E-state index < -0.39 is 23.7 Å². The number of ether oxygens (including phenoxy) is 1. The van der Waals surface area contributed by atoms with E-state index >= 15 is 0 Å². The summed E-state index contributed by atoms with van der Waals surface area (Å²) < 4.78 is 18.5. The van der Waals surface area contributed by atoms with Crippen LogP contribution in [0.1, 0.15) is 32.8 Å². The highest BCUT2D eigenvalue weighted by molar-refractivity contribution is 5.81. The topological polar surface area (TPSA) is 66.8 Å². The Morgan fingerprint density at radius 2 is 2.09 bits per heavy atom. The molecule has 0 unspecified atom stereocenters. The zero-order valence-electron chi connectivity index (χ0n) is 13.6. The highest BCUT2D eigenvalue weighted by Crippen LogP contribution is 2.28. The fourth-order valence-corrected chi connectivity index (χ4v) is 2.82. The van der Waals surface area contributed by atoms with Crippen molar-refractivity contribution in [3.63, 3.8) is 0 Å². The molecule has 0 bridgehead atoms. The van der Waals surface area contributed by atoms with Gasteiger partial charge in [-0.2, -0.15) is 0 Å². The number of carboxylic acid groups (broad SMARTS) is 1. The second-order valence-corrected chi connectivity index (χ2v) is 6.92. The van der Waals surface area contributed by atoms with Crippen molar-refractivity contribution >= 4 is 12.1 Å². The molecule has 6 heteroatoms. The van der Waals surface area contributed by atoms with Crippen LogP contribution in [0.15, 0.2) is 24.3 Å². The number of aliphatic carboxylic acids is 1. The van der Waals surface area contributed by atoms with Gasteiger partial charge in [-0.3, -0.25) is 4.90 Å². The molecule has 0 saturated carbocycles. The second-order valence-electron chi connectivity index (χ2n) is 6.92. The molecule has 1 aliphatic heterocycles. The maximum atomic E-state index is 13.3. The van der Waals surface area contributed by atoms with Gasteiger partial charge in [0.15, 0.2) is 0 Å². The van der Waals surface area contributed by atoms with Crippen LogP contribution in [0.3, 0.4) is 0 Å². The van der Waals surface area contributed by atoms with Crippen molar-refractivity contribution in [3.8, 4) is 0 Å². The number of carbonyl (C=O) groups excluding carboxylic acids is 1. The van der Waals surface area contributed by atoms with Crippen LogP contribution in [0.4, 0.5) is 9.18 Å². The molecule has 0 aliphatic carbocycles. The molecule has 1 aromatic rings. The van der Waals surface area contributed by atoms with Gasteiger partial charge < -0.3 is 9.84 Å². The standard InChI is InChI=1S/C17H22FNO4/c1-17(2,3)23-16(22)19-10-12(9-14(19)15(20)21)7-11-5-4-6-13(18)8-11/h4-6,8,12,14H,7,9-10H2,1-3H3,(H,20,21)/t12-,14-/m0/s1. The van der Waals surface area contributed by atoms with E-state index in [-0.39, 0.29) is 11.7 Å². The minimum atomic E-state index is -1.04. The number of benzene rings is 1.